The van der Waals surface area contributed by atoms with Crippen LogP contribution in [0, 0.1) is 17.1 Å². The van der Waals surface area contributed by atoms with Crippen LogP contribution in [0.2, 0.25) is 0 Å². The van der Waals surface area contributed by atoms with E-state index in [4.69, 9.17) is 5.26 Å². The molecular formula is C13H6BrFN4. The van der Waals surface area contributed by atoms with E-state index in [1.54, 1.807) is 28.8 Å². The molecule has 0 unspecified atom stereocenters. The quantitative estimate of drug-likeness (QED) is 0.693. The molecular weight excluding hydrogens is 311 g/mol. The van der Waals surface area contributed by atoms with Gasteiger partial charge in [-0.25, -0.2) is 4.39 Å². The van der Waals surface area contributed by atoms with E-state index in [1.807, 2.05) is 6.07 Å². The number of nitriles is 1. The topological polar surface area (TPSA) is 54.0 Å². The van der Waals surface area contributed by atoms with Gasteiger partial charge in [0.25, 0.3) is 0 Å². The van der Waals surface area contributed by atoms with Gasteiger partial charge in [-0.05, 0) is 24.3 Å². The molecule has 0 aliphatic rings. The number of pyridine rings is 1. The van der Waals surface area contributed by atoms with E-state index in [2.05, 4.69) is 26.1 Å². The molecule has 3 rings (SSSR count). The van der Waals surface area contributed by atoms with Crippen LogP contribution in [0.4, 0.5) is 4.39 Å². The SMILES string of the molecule is N#Cc1ccn2c(-c3cc(F)cc(Br)c3)nnc2c1. The summed E-state index contributed by atoms with van der Waals surface area (Å²) in [5.41, 5.74) is 1.67. The molecule has 0 amide bonds. The summed E-state index contributed by atoms with van der Waals surface area (Å²) >= 11 is 3.24. The van der Waals surface area contributed by atoms with E-state index < -0.39 is 0 Å². The fraction of sp³-hybridized carbons (Fsp3) is 0. The second kappa shape index (κ2) is 4.44. The molecule has 0 aliphatic heterocycles. The van der Waals surface area contributed by atoms with Crippen molar-refractivity contribution in [3.63, 3.8) is 0 Å². The van der Waals surface area contributed by atoms with Gasteiger partial charge < -0.3 is 0 Å². The second-order valence-electron chi connectivity index (χ2n) is 3.94. The normalized spacial score (nSPS) is 10.6. The first-order valence-electron chi connectivity index (χ1n) is 5.39. The largest absolute Gasteiger partial charge is 0.282 e. The third kappa shape index (κ3) is 2.09. The van der Waals surface area contributed by atoms with Crippen LogP contribution in [-0.2, 0) is 0 Å². The van der Waals surface area contributed by atoms with Crippen LogP contribution in [0.1, 0.15) is 5.56 Å². The second-order valence-corrected chi connectivity index (χ2v) is 4.85. The molecule has 1 aromatic carbocycles. The molecule has 0 radical (unpaired) electrons. The summed E-state index contributed by atoms with van der Waals surface area (Å²) in [6.45, 7) is 0. The van der Waals surface area contributed by atoms with Crippen LogP contribution < -0.4 is 0 Å². The van der Waals surface area contributed by atoms with Crippen LogP contribution in [0.3, 0.4) is 0 Å². The zero-order valence-corrected chi connectivity index (χ0v) is 11.1. The Kier molecular flexibility index (Phi) is 2.76. The molecule has 2 heterocycles. The highest BCUT2D eigenvalue weighted by Gasteiger charge is 2.10. The van der Waals surface area contributed by atoms with Crippen molar-refractivity contribution in [2.75, 3.05) is 0 Å². The van der Waals surface area contributed by atoms with Crippen LogP contribution in [0.25, 0.3) is 17.0 Å². The lowest BCUT2D eigenvalue weighted by molar-refractivity contribution is 0.627. The molecule has 0 bridgehead atoms. The Labute approximate surface area is 116 Å². The van der Waals surface area contributed by atoms with Gasteiger partial charge in [-0.1, -0.05) is 15.9 Å². The number of hydrogen-bond acceptors (Lipinski definition) is 3. The molecule has 3 aromatic rings. The van der Waals surface area contributed by atoms with Crippen molar-refractivity contribution in [3.8, 4) is 17.5 Å². The van der Waals surface area contributed by atoms with Crippen molar-refractivity contribution < 1.29 is 4.39 Å². The fourth-order valence-corrected chi connectivity index (χ4v) is 2.31. The van der Waals surface area contributed by atoms with E-state index >= 15 is 0 Å². The monoisotopic (exact) mass is 316 g/mol. The number of fused-ring (bicyclic) bond motifs is 1. The van der Waals surface area contributed by atoms with Gasteiger partial charge in [0.15, 0.2) is 11.5 Å². The number of rotatable bonds is 1. The molecule has 4 nitrogen and oxygen atoms in total. The lowest BCUT2D eigenvalue weighted by Crippen LogP contribution is -1.91. The Morgan fingerprint density at radius 2 is 2.05 bits per heavy atom. The van der Waals surface area contributed by atoms with Crippen LogP contribution in [-0.4, -0.2) is 14.6 Å². The number of nitrogens with zero attached hydrogens (tertiary/aromatic N) is 4. The highest BCUT2D eigenvalue weighted by Crippen LogP contribution is 2.24. The minimum atomic E-state index is -0.352. The lowest BCUT2D eigenvalue weighted by Gasteiger charge is -2.01. The van der Waals surface area contributed by atoms with Crippen molar-refractivity contribution in [2.24, 2.45) is 0 Å². The predicted octanol–water partition coefficient (Wildman–Crippen LogP) is 3.17. The lowest BCUT2D eigenvalue weighted by atomic mass is 10.2. The molecule has 0 fully saturated rings. The van der Waals surface area contributed by atoms with Crippen molar-refractivity contribution in [1.82, 2.24) is 14.6 Å². The first-order valence-corrected chi connectivity index (χ1v) is 6.18. The van der Waals surface area contributed by atoms with Crippen LogP contribution in [0.5, 0.6) is 0 Å². The number of benzene rings is 1. The van der Waals surface area contributed by atoms with Gasteiger partial charge in [-0.3, -0.25) is 4.40 Å². The minimum Gasteiger partial charge on any atom is -0.282 e. The summed E-state index contributed by atoms with van der Waals surface area (Å²) in [5, 5.41) is 16.9. The third-order valence-corrected chi connectivity index (χ3v) is 3.12. The Bertz CT molecular complexity index is 799. The standard InChI is InChI=1S/C13H6BrFN4/c14-10-4-9(5-11(15)6-10)13-18-17-12-3-8(7-16)1-2-19(12)13/h1-6H. The van der Waals surface area contributed by atoms with E-state index in [-0.39, 0.29) is 5.82 Å². The average molecular weight is 317 g/mol. The highest BCUT2D eigenvalue weighted by molar-refractivity contribution is 9.10. The predicted molar refractivity (Wildman–Crippen MR) is 70.8 cm³/mol. The molecule has 0 N–H and O–H groups in total. The van der Waals surface area contributed by atoms with Crippen LogP contribution >= 0.6 is 15.9 Å². The maximum absolute atomic E-state index is 13.4. The van der Waals surface area contributed by atoms with Crippen molar-refractivity contribution in [1.29, 1.82) is 5.26 Å². The van der Waals surface area contributed by atoms with Gasteiger partial charge in [-0.15, -0.1) is 10.2 Å². The molecule has 92 valence electrons. The molecule has 19 heavy (non-hydrogen) atoms. The van der Waals surface area contributed by atoms with Crippen molar-refractivity contribution >= 4 is 21.6 Å². The Hall–Kier alpha value is -2.26. The Morgan fingerprint density at radius 3 is 2.79 bits per heavy atom. The van der Waals surface area contributed by atoms with Crippen molar-refractivity contribution in [2.45, 2.75) is 0 Å². The van der Waals surface area contributed by atoms with Gasteiger partial charge >= 0.3 is 0 Å². The molecule has 0 saturated heterocycles. The molecule has 6 heteroatoms. The number of hydrogen-bond donors (Lipinski definition) is 0. The summed E-state index contributed by atoms with van der Waals surface area (Å²) in [5.74, 6) is 0.175. The molecule has 0 aliphatic carbocycles. The molecule has 0 saturated carbocycles. The summed E-state index contributed by atoms with van der Waals surface area (Å²) in [6, 6.07) is 9.85. The van der Waals surface area contributed by atoms with Gasteiger partial charge in [-0.2, -0.15) is 5.26 Å². The van der Waals surface area contributed by atoms with Crippen LogP contribution in [0.15, 0.2) is 41.0 Å². The summed E-state index contributed by atoms with van der Waals surface area (Å²) in [7, 11) is 0. The smallest absolute Gasteiger partial charge is 0.168 e. The van der Waals surface area contributed by atoms with Gasteiger partial charge in [0.05, 0.1) is 11.6 Å². The first-order chi connectivity index (χ1) is 9.17. The van der Waals surface area contributed by atoms with E-state index in [0.29, 0.717) is 27.1 Å². The van der Waals surface area contributed by atoms with Gasteiger partial charge in [0.1, 0.15) is 5.82 Å². The van der Waals surface area contributed by atoms with E-state index in [0.717, 1.165) is 0 Å². The zero-order chi connectivity index (χ0) is 13.4. The van der Waals surface area contributed by atoms with E-state index in [1.165, 1.54) is 12.1 Å². The summed E-state index contributed by atoms with van der Waals surface area (Å²) in [4.78, 5) is 0. The van der Waals surface area contributed by atoms with Crippen molar-refractivity contribution in [3.05, 3.63) is 52.4 Å². The number of halogens is 2. The maximum atomic E-state index is 13.4. The molecule has 2 aromatic heterocycles. The minimum absolute atomic E-state index is 0.352. The maximum Gasteiger partial charge on any atom is 0.168 e. The Morgan fingerprint density at radius 1 is 1.21 bits per heavy atom. The average Bonchev–Trinajstić information content (AvgIpc) is 2.80. The summed E-state index contributed by atoms with van der Waals surface area (Å²) in [6.07, 6.45) is 1.70. The third-order valence-electron chi connectivity index (χ3n) is 2.66. The number of aromatic nitrogens is 3. The zero-order valence-electron chi connectivity index (χ0n) is 9.51. The Balaban J connectivity index is 2.23. The van der Waals surface area contributed by atoms with Gasteiger partial charge in [0.2, 0.25) is 0 Å². The van der Waals surface area contributed by atoms with Gasteiger partial charge in [0, 0.05) is 22.3 Å². The molecule has 0 spiro atoms. The fourth-order valence-electron chi connectivity index (χ4n) is 1.84. The highest BCUT2D eigenvalue weighted by atomic mass is 79.9. The van der Waals surface area contributed by atoms with E-state index in [9.17, 15) is 4.39 Å². The summed E-state index contributed by atoms with van der Waals surface area (Å²) < 4.78 is 15.8. The first kappa shape index (κ1) is 11.8. The molecule has 0 atom stereocenters.